The zero-order valence-corrected chi connectivity index (χ0v) is 16.7. The first-order chi connectivity index (χ1) is 13.9. The number of halogens is 1. The molecule has 4 rings (SSSR count). The average Bonchev–Trinajstić information content (AvgIpc) is 3.05. The molecule has 4 aromatic rings. The summed E-state index contributed by atoms with van der Waals surface area (Å²) in [5.74, 6) is -0.664. The van der Waals surface area contributed by atoms with Crippen molar-refractivity contribution in [1.82, 2.24) is 9.55 Å². The van der Waals surface area contributed by atoms with E-state index in [9.17, 15) is 14.0 Å². The largest absolute Gasteiger partial charge is 0.311 e. The molecule has 0 aliphatic rings. The summed E-state index contributed by atoms with van der Waals surface area (Å²) < 4.78 is 15.5. The van der Waals surface area contributed by atoms with Crippen LogP contribution >= 0.6 is 11.3 Å². The molecule has 7 heteroatoms. The zero-order valence-electron chi connectivity index (χ0n) is 15.9. The van der Waals surface area contributed by atoms with E-state index >= 15 is 0 Å². The maximum absolute atomic E-state index is 13.9. The SMILES string of the molecule is Cc1nc(NC(=O)c2cc(=O)n(C)c3ccccc23)sc1Cc1ccccc1F. The first-order valence-corrected chi connectivity index (χ1v) is 9.85. The van der Waals surface area contributed by atoms with Crippen LogP contribution in [-0.4, -0.2) is 15.5 Å². The van der Waals surface area contributed by atoms with Gasteiger partial charge in [-0.05, 0) is 24.6 Å². The highest BCUT2D eigenvalue weighted by Gasteiger charge is 2.17. The molecule has 0 aliphatic carbocycles. The van der Waals surface area contributed by atoms with Crippen LogP contribution in [0.5, 0.6) is 0 Å². The molecule has 0 saturated heterocycles. The second-order valence-electron chi connectivity index (χ2n) is 6.72. The molecule has 0 spiro atoms. The molecule has 2 aromatic heterocycles. The lowest BCUT2D eigenvalue weighted by molar-refractivity contribution is 0.102. The molecule has 0 fully saturated rings. The number of hydrogen-bond donors (Lipinski definition) is 1. The van der Waals surface area contributed by atoms with E-state index in [4.69, 9.17) is 0 Å². The van der Waals surface area contributed by atoms with Crippen LogP contribution in [0.3, 0.4) is 0 Å². The van der Waals surface area contributed by atoms with Gasteiger partial charge in [-0.1, -0.05) is 36.4 Å². The molecule has 2 heterocycles. The third-order valence-corrected chi connectivity index (χ3v) is 5.89. The molecule has 29 heavy (non-hydrogen) atoms. The zero-order chi connectivity index (χ0) is 20.5. The Labute approximate surface area is 170 Å². The van der Waals surface area contributed by atoms with Gasteiger partial charge in [-0.25, -0.2) is 9.37 Å². The summed E-state index contributed by atoms with van der Waals surface area (Å²) in [5.41, 5.74) is 2.04. The van der Waals surface area contributed by atoms with Crippen molar-refractivity contribution in [3.05, 3.63) is 92.5 Å². The van der Waals surface area contributed by atoms with Gasteiger partial charge < -0.3 is 4.57 Å². The van der Waals surface area contributed by atoms with E-state index in [1.54, 1.807) is 37.4 Å². The van der Waals surface area contributed by atoms with Crippen LogP contribution in [0.2, 0.25) is 0 Å². The lowest BCUT2D eigenvalue weighted by Gasteiger charge is -2.09. The molecule has 1 amide bonds. The van der Waals surface area contributed by atoms with Gasteiger partial charge in [0, 0.05) is 29.8 Å². The van der Waals surface area contributed by atoms with Crippen molar-refractivity contribution in [3.8, 4) is 0 Å². The molecule has 0 radical (unpaired) electrons. The molecule has 146 valence electrons. The number of carbonyl (C=O) groups excluding carboxylic acids is 1. The monoisotopic (exact) mass is 407 g/mol. The number of carbonyl (C=O) groups is 1. The van der Waals surface area contributed by atoms with Crippen LogP contribution < -0.4 is 10.9 Å². The number of aromatic nitrogens is 2. The number of hydrogen-bond acceptors (Lipinski definition) is 4. The van der Waals surface area contributed by atoms with E-state index < -0.39 is 5.91 Å². The standard InChI is InChI=1S/C22H18FN3O2S/c1-13-19(11-14-7-3-5-9-17(14)23)29-22(24-13)25-21(28)16-12-20(27)26(2)18-10-6-4-8-15(16)18/h3-10,12H,11H2,1-2H3,(H,24,25,28). The van der Waals surface area contributed by atoms with Gasteiger partial charge in [0.1, 0.15) is 5.82 Å². The van der Waals surface area contributed by atoms with Crippen molar-refractivity contribution < 1.29 is 9.18 Å². The Kier molecular flexibility index (Phi) is 4.98. The summed E-state index contributed by atoms with van der Waals surface area (Å²) in [7, 11) is 1.67. The number of amides is 1. The predicted molar refractivity (Wildman–Crippen MR) is 113 cm³/mol. The van der Waals surface area contributed by atoms with Crippen LogP contribution in [0.4, 0.5) is 9.52 Å². The van der Waals surface area contributed by atoms with Gasteiger partial charge in [-0.2, -0.15) is 0 Å². The molecular formula is C22H18FN3O2S. The van der Waals surface area contributed by atoms with Crippen LogP contribution in [0.25, 0.3) is 10.9 Å². The van der Waals surface area contributed by atoms with E-state index in [0.717, 1.165) is 10.6 Å². The number of aryl methyl sites for hydroxylation is 2. The third-order valence-electron chi connectivity index (χ3n) is 4.82. The molecule has 2 aromatic carbocycles. The minimum atomic E-state index is -0.398. The van der Waals surface area contributed by atoms with Crippen molar-refractivity contribution in [2.75, 3.05) is 5.32 Å². The second-order valence-corrected chi connectivity index (χ2v) is 7.81. The average molecular weight is 407 g/mol. The van der Waals surface area contributed by atoms with Crippen molar-refractivity contribution in [2.45, 2.75) is 13.3 Å². The molecule has 0 bridgehead atoms. The summed E-state index contributed by atoms with van der Waals surface area (Å²) in [6.45, 7) is 1.83. The summed E-state index contributed by atoms with van der Waals surface area (Å²) in [4.78, 5) is 30.4. The van der Waals surface area contributed by atoms with Crippen LogP contribution in [0.1, 0.15) is 26.5 Å². The summed E-state index contributed by atoms with van der Waals surface area (Å²) in [5, 5.41) is 3.89. The number of nitrogens with zero attached hydrogens (tertiary/aromatic N) is 2. The highest BCUT2D eigenvalue weighted by Crippen LogP contribution is 2.27. The summed E-state index contributed by atoms with van der Waals surface area (Å²) in [6.07, 6.45) is 0.404. The van der Waals surface area contributed by atoms with Gasteiger partial charge >= 0.3 is 0 Å². The fraction of sp³-hybridized carbons (Fsp3) is 0.136. The quantitative estimate of drug-likeness (QED) is 0.549. The first-order valence-electron chi connectivity index (χ1n) is 9.04. The van der Waals surface area contributed by atoms with Crippen LogP contribution in [0, 0.1) is 12.7 Å². The Hall–Kier alpha value is -3.32. The van der Waals surface area contributed by atoms with Gasteiger partial charge in [0.25, 0.3) is 11.5 Å². The Morgan fingerprint density at radius 2 is 1.90 bits per heavy atom. The summed E-state index contributed by atoms with van der Waals surface area (Å²) in [6, 6.07) is 15.2. The van der Waals surface area contributed by atoms with Gasteiger partial charge in [-0.3, -0.25) is 14.9 Å². The van der Waals surface area contributed by atoms with E-state index in [1.807, 2.05) is 19.1 Å². The summed E-state index contributed by atoms with van der Waals surface area (Å²) >= 11 is 1.31. The topological polar surface area (TPSA) is 64.0 Å². The van der Waals surface area contributed by atoms with Crippen LogP contribution in [0.15, 0.2) is 59.4 Å². The normalized spacial score (nSPS) is 11.0. The fourth-order valence-electron chi connectivity index (χ4n) is 3.22. The van der Waals surface area contributed by atoms with Crippen LogP contribution in [-0.2, 0) is 13.5 Å². The minimum absolute atomic E-state index is 0.260. The van der Waals surface area contributed by atoms with E-state index in [-0.39, 0.29) is 11.4 Å². The molecule has 0 saturated carbocycles. The third kappa shape index (κ3) is 3.69. The molecular weight excluding hydrogens is 389 g/mol. The Morgan fingerprint density at radius 1 is 1.17 bits per heavy atom. The lowest BCUT2D eigenvalue weighted by Crippen LogP contribution is -2.21. The van der Waals surface area contributed by atoms with E-state index in [2.05, 4.69) is 10.3 Å². The maximum Gasteiger partial charge on any atom is 0.258 e. The Balaban J connectivity index is 1.63. The number of nitrogens with one attached hydrogen (secondary N) is 1. The molecule has 1 N–H and O–H groups in total. The number of thiazole rings is 1. The first kappa shape index (κ1) is 19.0. The number of anilines is 1. The predicted octanol–water partition coefficient (Wildman–Crippen LogP) is 4.29. The molecule has 5 nitrogen and oxygen atoms in total. The Bertz CT molecular complexity index is 1290. The van der Waals surface area contributed by atoms with Crippen molar-refractivity contribution in [3.63, 3.8) is 0 Å². The van der Waals surface area contributed by atoms with Crippen molar-refractivity contribution in [2.24, 2.45) is 7.05 Å². The van der Waals surface area contributed by atoms with Gasteiger partial charge in [0.05, 0.1) is 16.8 Å². The van der Waals surface area contributed by atoms with Gasteiger partial charge in [0.2, 0.25) is 0 Å². The fourth-order valence-corrected chi connectivity index (χ4v) is 4.20. The lowest BCUT2D eigenvalue weighted by atomic mass is 10.1. The smallest absolute Gasteiger partial charge is 0.258 e. The number of pyridine rings is 1. The highest BCUT2D eigenvalue weighted by molar-refractivity contribution is 7.15. The minimum Gasteiger partial charge on any atom is -0.311 e. The number of benzene rings is 2. The van der Waals surface area contributed by atoms with E-state index in [1.165, 1.54) is 28.0 Å². The maximum atomic E-state index is 13.9. The van der Waals surface area contributed by atoms with Crippen molar-refractivity contribution in [1.29, 1.82) is 0 Å². The van der Waals surface area contributed by atoms with Crippen molar-refractivity contribution >= 4 is 33.3 Å². The molecule has 0 unspecified atom stereocenters. The number of rotatable bonds is 4. The number of fused-ring (bicyclic) bond motifs is 1. The van der Waals surface area contributed by atoms with Gasteiger partial charge in [0.15, 0.2) is 5.13 Å². The number of para-hydroxylation sites is 1. The molecule has 0 aliphatic heterocycles. The van der Waals surface area contributed by atoms with E-state index in [0.29, 0.717) is 33.6 Å². The second kappa shape index (κ2) is 7.60. The highest BCUT2D eigenvalue weighted by atomic mass is 32.1. The molecule has 0 atom stereocenters. The Morgan fingerprint density at radius 3 is 2.69 bits per heavy atom. The van der Waals surface area contributed by atoms with Gasteiger partial charge in [-0.15, -0.1) is 11.3 Å².